The van der Waals surface area contributed by atoms with Crippen LogP contribution in [-0.2, 0) is 23.1 Å². The minimum atomic E-state index is -0.560. The number of benzene rings is 1. The van der Waals surface area contributed by atoms with E-state index in [1.165, 1.54) is 35.4 Å². The summed E-state index contributed by atoms with van der Waals surface area (Å²) in [7, 11) is 1.60. The molecule has 1 aromatic rings. The van der Waals surface area contributed by atoms with Crippen molar-refractivity contribution in [2.24, 2.45) is 5.84 Å². The molecule has 0 aromatic heterocycles. The van der Waals surface area contributed by atoms with Gasteiger partial charge in [-0.05, 0) is 56.2 Å². The highest BCUT2D eigenvalue weighted by atomic mass is 16.2. The summed E-state index contributed by atoms with van der Waals surface area (Å²) in [6.07, 6.45) is 4.83. The van der Waals surface area contributed by atoms with Crippen molar-refractivity contribution < 1.29 is 4.79 Å². The van der Waals surface area contributed by atoms with Crippen molar-refractivity contribution in [3.05, 3.63) is 34.9 Å². The van der Waals surface area contributed by atoms with Crippen molar-refractivity contribution in [1.29, 1.82) is 0 Å². The first-order valence-electron chi connectivity index (χ1n) is 6.58. The molecule has 1 amide bonds. The van der Waals surface area contributed by atoms with Gasteiger partial charge in [0, 0.05) is 7.05 Å². The van der Waals surface area contributed by atoms with Gasteiger partial charge >= 0.3 is 0 Å². The minimum Gasteiger partial charge on any atom is -0.283 e. The Morgan fingerprint density at radius 3 is 2.44 bits per heavy atom. The molecular weight excluding hydrogens is 224 g/mol. The van der Waals surface area contributed by atoms with Crippen molar-refractivity contribution >= 4 is 5.91 Å². The monoisotopic (exact) mass is 246 g/mol. The predicted molar refractivity (Wildman–Crippen MR) is 73.1 cm³/mol. The molecule has 3 nitrogen and oxygen atoms in total. The highest BCUT2D eigenvalue weighted by Gasteiger charge is 2.32. The van der Waals surface area contributed by atoms with Gasteiger partial charge in [0.05, 0.1) is 5.41 Å². The molecule has 1 aromatic carbocycles. The summed E-state index contributed by atoms with van der Waals surface area (Å²) in [6, 6.07) is 6.44. The molecule has 0 atom stereocenters. The molecule has 0 fully saturated rings. The van der Waals surface area contributed by atoms with Crippen LogP contribution in [0.4, 0.5) is 0 Å². The van der Waals surface area contributed by atoms with E-state index in [1.807, 2.05) is 13.8 Å². The van der Waals surface area contributed by atoms with Gasteiger partial charge in [0.25, 0.3) is 0 Å². The molecule has 0 saturated heterocycles. The first kappa shape index (κ1) is 13.1. The van der Waals surface area contributed by atoms with Gasteiger partial charge in [-0.3, -0.25) is 9.80 Å². The lowest BCUT2D eigenvalue weighted by Gasteiger charge is -2.28. The van der Waals surface area contributed by atoms with Gasteiger partial charge in [-0.2, -0.15) is 0 Å². The summed E-state index contributed by atoms with van der Waals surface area (Å²) in [6.45, 7) is 3.87. The van der Waals surface area contributed by atoms with Crippen molar-refractivity contribution in [3.8, 4) is 0 Å². The standard InChI is InChI=1S/C15H22N2O/c1-15(2,14(18)17(3)16)13-9-8-11-6-4-5-7-12(11)10-13/h8-10H,4-7,16H2,1-3H3. The van der Waals surface area contributed by atoms with E-state index in [-0.39, 0.29) is 5.91 Å². The number of nitrogens with zero attached hydrogens (tertiary/aromatic N) is 1. The molecule has 98 valence electrons. The number of fused-ring (bicyclic) bond motifs is 1. The van der Waals surface area contributed by atoms with Crippen LogP contribution < -0.4 is 5.84 Å². The molecule has 0 saturated carbocycles. The van der Waals surface area contributed by atoms with Crippen LogP contribution in [0.1, 0.15) is 43.4 Å². The number of hydrazine groups is 1. The first-order chi connectivity index (χ1) is 8.43. The number of hydrogen-bond acceptors (Lipinski definition) is 2. The second-order valence-corrected chi connectivity index (χ2v) is 5.73. The lowest BCUT2D eigenvalue weighted by molar-refractivity contribution is -0.135. The topological polar surface area (TPSA) is 46.3 Å². The normalized spacial score (nSPS) is 15.1. The number of aryl methyl sites for hydroxylation is 2. The Hall–Kier alpha value is -1.35. The Morgan fingerprint density at radius 2 is 1.83 bits per heavy atom. The lowest BCUT2D eigenvalue weighted by atomic mass is 9.80. The lowest BCUT2D eigenvalue weighted by Crippen LogP contribution is -2.45. The van der Waals surface area contributed by atoms with Crippen molar-refractivity contribution in [3.63, 3.8) is 0 Å². The number of hydrogen-bond donors (Lipinski definition) is 1. The van der Waals surface area contributed by atoms with Crippen LogP contribution in [0.15, 0.2) is 18.2 Å². The van der Waals surface area contributed by atoms with E-state index in [0.29, 0.717) is 0 Å². The molecule has 0 aliphatic heterocycles. The Labute approximate surface area is 109 Å². The van der Waals surface area contributed by atoms with E-state index < -0.39 is 5.41 Å². The Morgan fingerprint density at radius 1 is 1.22 bits per heavy atom. The number of amides is 1. The molecule has 1 aliphatic carbocycles. The highest BCUT2D eigenvalue weighted by molar-refractivity contribution is 5.86. The third-order valence-electron chi connectivity index (χ3n) is 3.93. The van der Waals surface area contributed by atoms with Crippen LogP contribution in [0, 0.1) is 0 Å². The van der Waals surface area contributed by atoms with E-state index in [1.54, 1.807) is 7.05 Å². The van der Waals surface area contributed by atoms with E-state index in [2.05, 4.69) is 18.2 Å². The van der Waals surface area contributed by atoms with E-state index in [0.717, 1.165) is 12.0 Å². The van der Waals surface area contributed by atoms with Crippen LogP contribution in [0.5, 0.6) is 0 Å². The maximum absolute atomic E-state index is 12.1. The summed E-state index contributed by atoms with van der Waals surface area (Å²) >= 11 is 0. The van der Waals surface area contributed by atoms with Gasteiger partial charge in [0.1, 0.15) is 0 Å². The van der Waals surface area contributed by atoms with E-state index in [9.17, 15) is 4.79 Å². The molecule has 0 radical (unpaired) electrons. The van der Waals surface area contributed by atoms with Gasteiger partial charge in [0.2, 0.25) is 5.91 Å². The zero-order chi connectivity index (χ0) is 13.3. The van der Waals surface area contributed by atoms with E-state index >= 15 is 0 Å². The smallest absolute Gasteiger partial charge is 0.246 e. The van der Waals surface area contributed by atoms with Crippen LogP contribution >= 0.6 is 0 Å². The molecule has 1 aliphatic rings. The molecule has 0 heterocycles. The molecule has 0 unspecified atom stereocenters. The van der Waals surface area contributed by atoms with Crippen LogP contribution in [0.25, 0.3) is 0 Å². The summed E-state index contributed by atoms with van der Waals surface area (Å²) in [5, 5.41) is 1.18. The number of likely N-dealkylation sites (N-methyl/N-ethyl adjacent to an activating group) is 1. The second kappa shape index (κ2) is 4.73. The summed E-state index contributed by atoms with van der Waals surface area (Å²) < 4.78 is 0. The van der Waals surface area contributed by atoms with Crippen molar-refractivity contribution in [2.45, 2.75) is 44.9 Å². The summed E-state index contributed by atoms with van der Waals surface area (Å²) in [5.41, 5.74) is 3.34. The average molecular weight is 246 g/mol. The molecule has 0 spiro atoms. The van der Waals surface area contributed by atoms with Crippen LogP contribution in [0.3, 0.4) is 0 Å². The summed E-state index contributed by atoms with van der Waals surface area (Å²) in [5.74, 6) is 5.52. The van der Waals surface area contributed by atoms with Gasteiger partial charge in [-0.15, -0.1) is 0 Å². The third-order valence-corrected chi connectivity index (χ3v) is 3.93. The maximum atomic E-state index is 12.1. The number of carbonyl (C=O) groups excluding carboxylic acids is 1. The van der Waals surface area contributed by atoms with Crippen LogP contribution in [0.2, 0.25) is 0 Å². The molecule has 2 N–H and O–H groups in total. The van der Waals surface area contributed by atoms with Gasteiger partial charge < -0.3 is 0 Å². The molecule has 2 rings (SSSR count). The van der Waals surface area contributed by atoms with Crippen LogP contribution in [-0.4, -0.2) is 18.0 Å². The fraction of sp³-hybridized carbons (Fsp3) is 0.533. The fourth-order valence-electron chi connectivity index (χ4n) is 2.69. The molecule has 3 heteroatoms. The largest absolute Gasteiger partial charge is 0.283 e. The van der Waals surface area contributed by atoms with Gasteiger partial charge in [0.15, 0.2) is 0 Å². The van der Waals surface area contributed by atoms with Crippen molar-refractivity contribution in [1.82, 2.24) is 5.01 Å². The highest BCUT2D eigenvalue weighted by Crippen LogP contribution is 2.29. The zero-order valence-corrected chi connectivity index (χ0v) is 11.5. The average Bonchev–Trinajstić information content (AvgIpc) is 2.37. The second-order valence-electron chi connectivity index (χ2n) is 5.73. The molecule has 0 bridgehead atoms. The quantitative estimate of drug-likeness (QED) is 0.494. The third kappa shape index (κ3) is 2.27. The SMILES string of the molecule is CN(N)C(=O)C(C)(C)c1ccc2c(c1)CCCC2. The van der Waals surface area contributed by atoms with Gasteiger partial charge in [-0.1, -0.05) is 18.2 Å². The molecular formula is C15H22N2O. The molecule has 18 heavy (non-hydrogen) atoms. The number of rotatable bonds is 2. The van der Waals surface area contributed by atoms with Gasteiger partial charge in [-0.25, -0.2) is 5.84 Å². The number of carbonyl (C=O) groups is 1. The van der Waals surface area contributed by atoms with Crippen molar-refractivity contribution in [2.75, 3.05) is 7.05 Å². The summed E-state index contributed by atoms with van der Waals surface area (Å²) in [4.78, 5) is 12.1. The zero-order valence-electron chi connectivity index (χ0n) is 11.5. The Balaban J connectivity index is 2.36. The number of nitrogens with two attached hydrogens (primary N) is 1. The predicted octanol–water partition coefficient (Wildman–Crippen LogP) is 2.18. The Bertz CT molecular complexity index is 464. The Kier molecular flexibility index (Phi) is 3.44. The first-order valence-corrected chi connectivity index (χ1v) is 6.58. The fourth-order valence-corrected chi connectivity index (χ4v) is 2.69. The van der Waals surface area contributed by atoms with E-state index in [4.69, 9.17) is 5.84 Å². The maximum Gasteiger partial charge on any atom is 0.246 e. The minimum absolute atomic E-state index is 0.0572.